The zero-order valence-electron chi connectivity index (χ0n) is 10.9. The number of rotatable bonds is 4. The first kappa shape index (κ1) is 14.8. The lowest BCUT2D eigenvalue weighted by Gasteiger charge is -2.15. The Morgan fingerprint density at radius 1 is 1.16 bits per heavy atom. The fourth-order valence-electron chi connectivity index (χ4n) is 1.44. The largest absolute Gasteiger partial charge is 0.493 e. The standard InChI is InChI=1S/C11H16N4O3S/c1-16-7-4-6(14-11(19)15-10(12)13)5-8(17-2)9(7)18-3/h4-5H,1-3H3,(H5,12,13,14,15,19). The molecule has 0 fully saturated rings. The van der Waals surface area contributed by atoms with E-state index in [4.69, 9.17) is 37.6 Å². The van der Waals surface area contributed by atoms with Crippen molar-refractivity contribution >= 4 is 29.0 Å². The molecule has 0 spiro atoms. The molecule has 0 radical (unpaired) electrons. The molecule has 0 aliphatic heterocycles. The molecule has 0 amide bonds. The van der Waals surface area contributed by atoms with Crippen LogP contribution in [0.4, 0.5) is 5.69 Å². The Balaban J connectivity index is 3.02. The molecule has 5 N–H and O–H groups in total. The van der Waals surface area contributed by atoms with Gasteiger partial charge in [-0.15, -0.1) is 0 Å². The van der Waals surface area contributed by atoms with Crippen molar-refractivity contribution in [3.63, 3.8) is 0 Å². The SMILES string of the molecule is COc1cc(NC(=S)NC(=N)N)cc(OC)c1OC. The van der Waals surface area contributed by atoms with Gasteiger partial charge in [0.15, 0.2) is 22.6 Å². The summed E-state index contributed by atoms with van der Waals surface area (Å²) in [6.07, 6.45) is 0. The highest BCUT2D eigenvalue weighted by Crippen LogP contribution is 2.39. The van der Waals surface area contributed by atoms with Crippen molar-refractivity contribution in [2.24, 2.45) is 5.73 Å². The highest BCUT2D eigenvalue weighted by atomic mass is 32.1. The molecule has 1 aromatic rings. The Bertz CT molecular complexity index is 468. The summed E-state index contributed by atoms with van der Waals surface area (Å²) in [5.41, 5.74) is 5.80. The number of benzene rings is 1. The summed E-state index contributed by atoms with van der Waals surface area (Å²) < 4.78 is 15.6. The summed E-state index contributed by atoms with van der Waals surface area (Å²) in [4.78, 5) is 0. The van der Waals surface area contributed by atoms with E-state index >= 15 is 0 Å². The van der Waals surface area contributed by atoms with Gasteiger partial charge in [-0.1, -0.05) is 0 Å². The maximum absolute atomic E-state index is 7.08. The van der Waals surface area contributed by atoms with Crippen LogP contribution in [0.15, 0.2) is 12.1 Å². The third kappa shape index (κ3) is 3.88. The monoisotopic (exact) mass is 284 g/mol. The molecule has 1 aromatic carbocycles. The molecule has 0 saturated heterocycles. The number of nitrogens with two attached hydrogens (primary N) is 1. The highest BCUT2D eigenvalue weighted by molar-refractivity contribution is 7.80. The second-order valence-corrected chi connectivity index (χ2v) is 3.82. The Morgan fingerprint density at radius 3 is 2.05 bits per heavy atom. The van der Waals surface area contributed by atoms with Gasteiger partial charge in [0, 0.05) is 17.8 Å². The maximum Gasteiger partial charge on any atom is 0.203 e. The summed E-state index contributed by atoms with van der Waals surface area (Å²) in [6.45, 7) is 0. The van der Waals surface area contributed by atoms with Gasteiger partial charge < -0.3 is 30.6 Å². The lowest BCUT2D eigenvalue weighted by molar-refractivity contribution is 0.324. The van der Waals surface area contributed by atoms with Crippen molar-refractivity contribution in [3.05, 3.63) is 12.1 Å². The van der Waals surface area contributed by atoms with Crippen LogP contribution in [-0.4, -0.2) is 32.4 Å². The van der Waals surface area contributed by atoms with E-state index in [1.165, 1.54) is 21.3 Å². The van der Waals surface area contributed by atoms with E-state index in [9.17, 15) is 0 Å². The van der Waals surface area contributed by atoms with Gasteiger partial charge in [0.05, 0.1) is 21.3 Å². The van der Waals surface area contributed by atoms with Gasteiger partial charge in [-0.2, -0.15) is 0 Å². The molecule has 104 valence electrons. The predicted octanol–water partition coefficient (Wildman–Crippen LogP) is 0.892. The minimum absolute atomic E-state index is 0.196. The zero-order chi connectivity index (χ0) is 14.4. The van der Waals surface area contributed by atoms with Crippen LogP contribution in [0.3, 0.4) is 0 Å². The molecule has 0 heterocycles. The van der Waals surface area contributed by atoms with Crippen molar-refractivity contribution < 1.29 is 14.2 Å². The van der Waals surface area contributed by atoms with E-state index in [1.807, 2.05) is 0 Å². The van der Waals surface area contributed by atoms with Crippen LogP contribution in [0.1, 0.15) is 0 Å². The van der Waals surface area contributed by atoms with Crippen LogP contribution in [0.5, 0.6) is 17.2 Å². The fraction of sp³-hybridized carbons (Fsp3) is 0.273. The molecular weight excluding hydrogens is 268 g/mol. The van der Waals surface area contributed by atoms with Gasteiger partial charge in [-0.3, -0.25) is 5.41 Å². The molecule has 7 nitrogen and oxygen atoms in total. The number of hydrogen-bond acceptors (Lipinski definition) is 5. The number of nitrogens with one attached hydrogen (secondary N) is 3. The molecule has 0 aliphatic rings. The van der Waals surface area contributed by atoms with Crippen LogP contribution in [0, 0.1) is 5.41 Å². The Morgan fingerprint density at radius 2 is 1.68 bits per heavy atom. The van der Waals surface area contributed by atoms with E-state index in [1.54, 1.807) is 12.1 Å². The molecule has 8 heteroatoms. The number of hydrogen-bond donors (Lipinski definition) is 4. The molecule has 0 saturated carbocycles. The van der Waals surface area contributed by atoms with Crippen molar-refractivity contribution in [2.45, 2.75) is 0 Å². The second kappa shape index (κ2) is 6.64. The minimum atomic E-state index is -0.245. The Labute approximate surface area is 116 Å². The molecule has 1 rings (SSSR count). The smallest absolute Gasteiger partial charge is 0.203 e. The zero-order valence-corrected chi connectivity index (χ0v) is 11.7. The van der Waals surface area contributed by atoms with Crippen molar-refractivity contribution in [2.75, 3.05) is 26.6 Å². The fourth-order valence-corrected chi connectivity index (χ4v) is 1.67. The van der Waals surface area contributed by atoms with Gasteiger partial charge in [0.2, 0.25) is 5.75 Å². The van der Waals surface area contributed by atoms with Gasteiger partial charge in [-0.05, 0) is 12.2 Å². The topological polar surface area (TPSA) is 102 Å². The summed E-state index contributed by atoms with van der Waals surface area (Å²) in [5.74, 6) is 1.23. The van der Waals surface area contributed by atoms with Gasteiger partial charge in [0.25, 0.3) is 0 Å². The average molecular weight is 284 g/mol. The van der Waals surface area contributed by atoms with E-state index in [0.717, 1.165) is 0 Å². The maximum atomic E-state index is 7.08. The van der Waals surface area contributed by atoms with E-state index < -0.39 is 0 Å². The van der Waals surface area contributed by atoms with Crippen LogP contribution in [0.2, 0.25) is 0 Å². The Kier molecular flexibility index (Phi) is 5.19. The van der Waals surface area contributed by atoms with Crippen LogP contribution in [-0.2, 0) is 0 Å². The van der Waals surface area contributed by atoms with Crippen LogP contribution >= 0.6 is 12.2 Å². The van der Waals surface area contributed by atoms with E-state index in [2.05, 4.69) is 10.6 Å². The van der Waals surface area contributed by atoms with E-state index in [0.29, 0.717) is 22.9 Å². The number of ether oxygens (including phenoxy) is 3. The molecule has 0 aromatic heterocycles. The van der Waals surface area contributed by atoms with Gasteiger partial charge >= 0.3 is 0 Å². The summed E-state index contributed by atoms with van der Waals surface area (Å²) in [6, 6.07) is 3.38. The predicted molar refractivity (Wildman–Crippen MR) is 77.4 cm³/mol. The highest BCUT2D eigenvalue weighted by Gasteiger charge is 2.13. The summed E-state index contributed by atoms with van der Waals surface area (Å²) in [5, 5.41) is 12.6. The lowest BCUT2D eigenvalue weighted by Crippen LogP contribution is -2.38. The van der Waals surface area contributed by atoms with Crippen LogP contribution in [0.25, 0.3) is 0 Å². The minimum Gasteiger partial charge on any atom is -0.493 e. The molecule has 0 atom stereocenters. The van der Waals surface area contributed by atoms with Crippen LogP contribution < -0.4 is 30.6 Å². The molecule has 0 bridgehead atoms. The number of anilines is 1. The normalized spacial score (nSPS) is 9.42. The quantitative estimate of drug-likeness (QED) is 0.370. The molecule has 19 heavy (non-hydrogen) atoms. The first-order chi connectivity index (χ1) is 9.01. The summed E-state index contributed by atoms with van der Waals surface area (Å²) >= 11 is 4.98. The van der Waals surface area contributed by atoms with Gasteiger partial charge in [-0.25, -0.2) is 0 Å². The lowest BCUT2D eigenvalue weighted by atomic mass is 10.2. The number of thiocarbonyl (C=S) groups is 1. The van der Waals surface area contributed by atoms with Crippen molar-refractivity contribution in [1.82, 2.24) is 5.32 Å². The average Bonchev–Trinajstić information content (AvgIpc) is 2.36. The second-order valence-electron chi connectivity index (χ2n) is 3.41. The number of methoxy groups -OCH3 is 3. The summed E-state index contributed by atoms with van der Waals surface area (Å²) in [7, 11) is 4.57. The third-order valence-corrected chi connectivity index (χ3v) is 2.37. The molecular formula is C11H16N4O3S. The third-order valence-electron chi connectivity index (χ3n) is 2.17. The first-order valence-corrected chi connectivity index (χ1v) is 5.64. The van der Waals surface area contributed by atoms with Crippen molar-refractivity contribution in [1.29, 1.82) is 5.41 Å². The molecule has 0 aliphatic carbocycles. The van der Waals surface area contributed by atoms with Gasteiger partial charge in [0.1, 0.15) is 0 Å². The number of guanidine groups is 1. The van der Waals surface area contributed by atoms with Crippen molar-refractivity contribution in [3.8, 4) is 17.2 Å². The Hall–Kier alpha value is -2.22. The molecule has 0 unspecified atom stereocenters. The first-order valence-electron chi connectivity index (χ1n) is 5.23. The van der Waals surface area contributed by atoms with E-state index in [-0.39, 0.29) is 11.1 Å².